The zero-order valence-electron chi connectivity index (χ0n) is 9.58. The van der Waals surface area contributed by atoms with Gasteiger partial charge in [-0.1, -0.05) is 0 Å². The SMILES string of the molecule is CN(C)S(=O)(=O)N1CCNC(=O)C1CC(=O)O. The Labute approximate surface area is 99.4 Å². The van der Waals surface area contributed by atoms with E-state index in [2.05, 4.69) is 5.32 Å². The fourth-order valence-corrected chi connectivity index (χ4v) is 2.77. The van der Waals surface area contributed by atoms with Crippen LogP contribution in [0.15, 0.2) is 0 Å². The van der Waals surface area contributed by atoms with Gasteiger partial charge in [-0.2, -0.15) is 17.0 Å². The molecule has 8 nitrogen and oxygen atoms in total. The van der Waals surface area contributed by atoms with Gasteiger partial charge in [0.2, 0.25) is 5.91 Å². The molecule has 0 aliphatic carbocycles. The molecule has 1 heterocycles. The molecular weight excluding hydrogens is 250 g/mol. The van der Waals surface area contributed by atoms with Gasteiger partial charge in [0.15, 0.2) is 0 Å². The lowest BCUT2D eigenvalue weighted by Crippen LogP contribution is -2.59. The summed E-state index contributed by atoms with van der Waals surface area (Å²) in [7, 11) is -1.12. The molecule has 1 saturated heterocycles. The summed E-state index contributed by atoms with van der Waals surface area (Å²) < 4.78 is 25.7. The molecule has 1 amide bonds. The lowest BCUT2D eigenvalue weighted by molar-refractivity contribution is -0.141. The molecule has 1 atom stereocenters. The number of rotatable bonds is 4. The predicted octanol–water partition coefficient (Wildman–Crippen LogP) is -1.93. The molecule has 1 rings (SSSR count). The van der Waals surface area contributed by atoms with E-state index >= 15 is 0 Å². The molecular formula is C8H15N3O5S. The average molecular weight is 265 g/mol. The van der Waals surface area contributed by atoms with Gasteiger partial charge >= 0.3 is 5.97 Å². The summed E-state index contributed by atoms with van der Waals surface area (Å²) in [5, 5.41) is 11.1. The van der Waals surface area contributed by atoms with Crippen molar-refractivity contribution in [3.05, 3.63) is 0 Å². The van der Waals surface area contributed by atoms with Crippen molar-refractivity contribution in [2.45, 2.75) is 12.5 Å². The summed E-state index contributed by atoms with van der Waals surface area (Å²) in [6.07, 6.45) is -0.543. The van der Waals surface area contributed by atoms with Crippen LogP contribution in [0, 0.1) is 0 Å². The van der Waals surface area contributed by atoms with Gasteiger partial charge in [0.25, 0.3) is 10.2 Å². The molecule has 2 N–H and O–H groups in total. The van der Waals surface area contributed by atoms with E-state index < -0.39 is 34.5 Å². The second-order valence-electron chi connectivity index (χ2n) is 3.81. The van der Waals surface area contributed by atoms with Gasteiger partial charge < -0.3 is 10.4 Å². The maximum absolute atomic E-state index is 11.9. The molecule has 0 saturated carbocycles. The van der Waals surface area contributed by atoms with Gasteiger partial charge in [0, 0.05) is 27.2 Å². The van der Waals surface area contributed by atoms with Gasteiger partial charge in [0.05, 0.1) is 6.42 Å². The highest BCUT2D eigenvalue weighted by atomic mass is 32.2. The van der Waals surface area contributed by atoms with Crippen LogP contribution in [0.1, 0.15) is 6.42 Å². The Kier molecular flexibility index (Phi) is 4.07. The van der Waals surface area contributed by atoms with Crippen molar-refractivity contribution in [1.29, 1.82) is 0 Å². The molecule has 1 aliphatic rings. The van der Waals surface area contributed by atoms with Crippen LogP contribution >= 0.6 is 0 Å². The number of hydrogen-bond donors (Lipinski definition) is 2. The monoisotopic (exact) mass is 265 g/mol. The molecule has 0 aromatic heterocycles. The first-order valence-electron chi connectivity index (χ1n) is 4.95. The minimum absolute atomic E-state index is 0.0736. The van der Waals surface area contributed by atoms with E-state index in [4.69, 9.17) is 5.11 Å². The van der Waals surface area contributed by atoms with Crippen molar-refractivity contribution in [3.63, 3.8) is 0 Å². The number of amides is 1. The summed E-state index contributed by atoms with van der Waals surface area (Å²) in [5.74, 6) is -1.80. The van der Waals surface area contributed by atoms with E-state index in [0.717, 1.165) is 8.61 Å². The van der Waals surface area contributed by atoms with E-state index in [9.17, 15) is 18.0 Å². The number of nitrogens with zero attached hydrogens (tertiary/aromatic N) is 2. The van der Waals surface area contributed by atoms with Crippen LogP contribution in [0.25, 0.3) is 0 Å². The van der Waals surface area contributed by atoms with Crippen molar-refractivity contribution < 1.29 is 23.1 Å². The Morgan fingerprint density at radius 3 is 2.65 bits per heavy atom. The topological polar surface area (TPSA) is 107 Å². The molecule has 1 aliphatic heterocycles. The van der Waals surface area contributed by atoms with Gasteiger partial charge in [-0.15, -0.1) is 0 Å². The van der Waals surface area contributed by atoms with Crippen LogP contribution in [0.5, 0.6) is 0 Å². The van der Waals surface area contributed by atoms with E-state index in [0.29, 0.717) is 0 Å². The molecule has 0 radical (unpaired) electrons. The van der Waals surface area contributed by atoms with Crippen molar-refractivity contribution in [3.8, 4) is 0 Å². The zero-order valence-corrected chi connectivity index (χ0v) is 10.4. The Hall–Kier alpha value is -1.19. The Morgan fingerprint density at radius 2 is 2.18 bits per heavy atom. The van der Waals surface area contributed by atoms with Crippen molar-refractivity contribution in [2.24, 2.45) is 0 Å². The maximum Gasteiger partial charge on any atom is 0.305 e. The summed E-state index contributed by atoms with van der Waals surface area (Å²) in [4.78, 5) is 22.2. The first-order valence-corrected chi connectivity index (χ1v) is 6.35. The summed E-state index contributed by atoms with van der Waals surface area (Å²) >= 11 is 0. The second-order valence-corrected chi connectivity index (χ2v) is 5.90. The zero-order chi connectivity index (χ0) is 13.2. The lowest BCUT2D eigenvalue weighted by Gasteiger charge is -2.34. The molecule has 0 aromatic carbocycles. The second kappa shape index (κ2) is 4.98. The van der Waals surface area contributed by atoms with E-state index in [1.807, 2.05) is 0 Å². The van der Waals surface area contributed by atoms with Crippen LogP contribution in [0.4, 0.5) is 0 Å². The van der Waals surface area contributed by atoms with Gasteiger partial charge in [-0.3, -0.25) is 9.59 Å². The number of piperazine rings is 1. The molecule has 0 bridgehead atoms. The number of carboxylic acid groups (broad SMARTS) is 1. The van der Waals surface area contributed by atoms with Crippen molar-refractivity contribution in [2.75, 3.05) is 27.2 Å². The molecule has 98 valence electrons. The van der Waals surface area contributed by atoms with Gasteiger partial charge in [0.1, 0.15) is 6.04 Å². The minimum Gasteiger partial charge on any atom is -0.481 e. The third kappa shape index (κ3) is 2.93. The standard InChI is InChI=1S/C8H15N3O5S/c1-10(2)17(15,16)11-4-3-9-8(14)6(11)5-7(12)13/h6H,3-5H2,1-2H3,(H,9,14)(H,12,13). The molecule has 0 aromatic rings. The fraction of sp³-hybridized carbons (Fsp3) is 0.750. The fourth-order valence-electron chi connectivity index (χ4n) is 1.54. The largest absolute Gasteiger partial charge is 0.481 e. The van der Waals surface area contributed by atoms with E-state index in [1.165, 1.54) is 14.1 Å². The minimum atomic E-state index is -3.79. The highest BCUT2D eigenvalue weighted by Crippen LogP contribution is 2.15. The summed E-state index contributed by atoms with van der Waals surface area (Å²) in [6, 6.07) is -1.19. The van der Waals surface area contributed by atoms with E-state index in [-0.39, 0.29) is 13.1 Å². The first kappa shape index (κ1) is 13.9. The third-order valence-corrected chi connectivity index (χ3v) is 4.36. The molecule has 9 heteroatoms. The molecule has 0 spiro atoms. The number of aliphatic carboxylic acids is 1. The number of carboxylic acids is 1. The van der Waals surface area contributed by atoms with E-state index in [1.54, 1.807) is 0 Å². The summed E-state index contributed by atoms with van der Waals surface area (Å²) in [5.41, 5.74) is 0. The number of carbonyl (C=O) groups excluding carboxylic acids is 1. The third-order valence-electron chi connectivity index (χ3n) is 2.41. The normalized spacial score (nSPS) is 22.5. The maximum atomic E-state index is 11.9. The number of carbonyl (C=O) groups is 2. The summed E-state index contributed by atoms with van der Waals surface area (Å²) in [6.45, 7) is 0.256. The van der Waals surface area contributed by atoms with Gasteiger partial charge in [-0.05, 0) is 0 Å². The van der Waals surface area contributed by atoms with Gasteiger partial charge in [-0.25, -0.2) is 0 Å². The highest BCUT2D eigenvalue weighted by molar-refractivity contribution is 7.86. The highest BCUT2D eigenvalue weighted by Gasteiger charge is 2.39. The molecule has 17 heavy (non-hydrogen) atoms. The van der Waals surface area contributed by atoms with Crippen LogP contribution in [-0.2, 0) is 19.8 Å². The Morgan fingerprint density at radius 1 is 1.59 bits per heavy atom. The van der Waals surface area contributed by atoms with Crippen LogP contribution in [-0.4, -0.2) is 67.2 Å². The number of hydrogen-bond acceptors (Lipinski definition) is 4. The quantitative estimate of drug-likeness (QED) is 0.615. The Bertz CT molecular complexity index is 419. The average Bonchev–Trinajstić information content (AvgIpc) is 2.19. The molecule has 1 unspecified atom stereocenters. The van der Waals surface area contributed by atoms with Crippen LogP contribution in [0.3, 0.4) is 0 Å². The van der Waals surface area contributed by atoms with Crippen molar-refractivity contribution in [1.82, 2.24) is 13.9 Å². The molecule has 1 fully saturated rings. The Balaban J connectivity index is 3.02. The smallest absolute Gasteiger partial charge is 0.305 e. The van der Waals surface area contributed by atoms with Crippen LogP contribution in [0.2, 0.25) is 0 Å². The predicted molar refractivity (Wildman–Crippen MR) is 58.4 cm³/mol. The number of nitrogens with one attached hydrogen (secondary N) is 1. The van der Waals surface area contributed by atoms with Crippen LogP contribution < -0.4 is 5.32 Å². The van der Waals surface area contributed by atoms with Crippen molar-refractivity contribution >= 4 is 22.1 Å². The first-order chi connectivity index (χ1) is 7.76. The lowest BCUT2D eigenvalue weighted by atomic mass is 10.1.